The lowest BCUT2D eigenvalue weighted by molar-refractivity contribution is -0.141. The molecule has 0 bridgehead atoms. The van der Waals surface area contributed by atoms with Crippen LogP contribution in [0.25, 0.3) is 0 Å². The first-order valence-electron chi connectivity index (χ1n) is 6.02. The van der Waals surface area contributed by atoms with Gasteiger partial charge < -0.3 is 5.32 Å². The van der Waals surface area contributed by atoms with E-state index in [4.69, 9.17) is 0 Å². The number of hydrogen-bond donors (Lipinski definition) is 1. The molecule has 3 nitrogen and oxygen atoms in total. The number of nitrogens with one attached hydrogen (secondary N) is 1. The molecule has 1 aromatic heterocycles. The van der Waals surface area contributed by atoms with E-state index in [-0.39, 0.29) is 11.0 Å². The Morgan fingerprint density at radius 1 is 1.24 bits per heavy atom. The van der Waals surface area contributed by atoms with Gasteiger partial charge in [-0.05, 0) is 25.1 Å². The number of aromatic nitrogens is 2. The average molecular weight is 378 g/mol. The zero-order chi connectivity index (χ0) is 15.5. The van der Waals surface area contributed by atoms with Crippen molar-refractivity contribution in [2.24, 2.45) is 0 Å². The van der Waals surface area contributed by atoms with E-state index in [1.165, 1.54) is 0 Å². The standard InChI is InChI=1S/C13H11BrF3N3S/c1-2-18-12-19-10(13(15,16)17)7-11(20-12)21-9-5-3-4-8(14)6-9/h3-7H,2H2,1H3,(H,18,19,20). The van der Waals surface area contributed by atoms with Crippen LogP contribution in [0.2, 0.25) is 0 Å². The maximum atomic E-state index is 12.9. The SMILES string of the molecule is CCNc1nc(Sc2cccc(Br)c2)cc(C(F)(F)F)n1. The van der Waals surface area contributed by atoms with Gasteiger partial charge in [0.05, 0.1) is 0 Å². The molecule has 0 aliphatic heterocycles. The Balaban J connectivity index is 2.35. The molecule has 2 aromatic rings. The number of halogens is 4. The van der Waals surface area contributed by atoms with Crippen LogP contribution < -0.4 is 5.32 Å². The Labute approximate surface area is 132 Å². The molecule has 0 fully saturated rings. The Morgan fingerprint density at radius 2 is 2.00 bits per heavy atom. The minimum atomic E-state index is -4.50. The van der Waals surface area contributed by atoms with Crippen LogP contribution in [0.5, 0.6) is 0 Å². The summed E-state index contributed by atoms with van der Waals surface area (Å²) < 4.78 is 39.4. The van der Waals surface area contributed by atoms with E-state index in [0.717, 1.165) is 27.2 Å². The van der Waals surface area contributed by atoms with Crippen molar-refractivity contribution in [2.45, 2.75) is 23.0 Å². The Hall–Kier alpha value is -1.28. The summed E-state index contributed by atoms with van der Waals surface area (Å²) in [4.78, 5) is 8.36. The van der Waals surface area contributed by atoms with Crippen LogP contribution in [0, 0.1) is 0 Å². The molecular formula is C13H11BrF3N3S. The minimum absolute atomic E-state index is 0.0233. The van der Waals surface area contributed by atoms with Gasteiger partial charge in [0.1, 0.15) is 5.03 Å². The van der Waals surface area contributed by atoms with Crippen LogP contribution >= 0.6 is 27.7 Å². The summed E-state index contributed by atoms with van der Waals surface area (Å²) in [5, 5.41) is 2.95. The zero-order valence-electron chi connectivity index (χ0n) is 10.9. The Morgan fingerprint density at radius 3 is 2.62 bits per heavy atom. The first kappa shape index (κ1) is 16.1. The Kier molecular flexibility index (Phi) is 5.10. The van der Waals surface area contributed by atoms with Crippen molar-refractivity contribution in [2.75, 3.05) is 11.9 Å². The molecular weight excluding hydrogens is 367 g/mol. The van der Waals surface area contributed by atoms with Crippen LogP contribution in [0.4, 0.5) is 19.1 Å². The molecule has 0 aliphatic carbocycles. The van der Waals surface area contributed by atoms with Gasteiger partial charge in [0.25, 0.3) is 0 Å². The minimum Gasteiger partial charge on any atom is -0.354 e. The molecule has 0 saturated carbocycles. The van der Waals surface area contributed by atoms with E-state index in [1.807, 2.05) is 18.2 Å². The predicted octanol–water partition coefficient (Wildman–Crippen LogP) is 4.84. The Bertz CT molecular complexity index is 634. The summed E-state index contributed by atoms with van der Waals surface area (Å²) >= 11 is 4.47. The maximum absolute atomic E-state index is 12.9. The van der Waals surface area contributed by atoms with Gasteiger partial charge in [-0.15, -0.1) is 0 Å². The average Bonchev–Trinajstić information content (AvgIpc) is 2.37. The normalized spacial score (nSPS) is 11.5. The lowest BCUT2D eigenvalue weighted by Gasteiger charge is -2.10. The maximum Gasteiger partial charge on any atom is 0.433 e. The van der Waals surface area contributed by atoms with Crippen LogP contribution in [-0.4, -0.2) is 16.5 Å². The van der Waals surface area contributed by atoms with Crippen molar-refractivity contribution in [1.82, 2.24) is 9.97 Å². The molecule has 1 heterocycles. The highest BCUT2D eigenvalue weighted by Gasteiger charge is 2.33. The first-order valence-corrected chi connectivity index (χ1v) is 7.63. The molecule has 0 aliphatic rings. The van der Waals surface area contributed by atoms with Gasteiger partial charge in [-0.1, -0.05) is 33.8 Å². The smallest absolute Gasteiger partial charge is 0.354 e. The van der Waals surface area contributed by atoms with Crippen molar-refractivity contribution in [1.29, 1.82) is 0 Å². The number of alkyl halides is 3. The van der Waals surface area contributed by atoms with Crippen molar-refractivity contribution in [3.63, 3.8) is 0 Å². The number of rotatable bonds is 4. The summed E-state index contributed by atoms with van der Waals surface area (Å²) in [6, 6.07) is 8.22. The molecule has 0 radical (unpaired) electrons. The molecule has 8 heteroatoms. The van der Waals surface area contributed by atoms with Gasteiger partial charge in [0.2, 0.25) is 5.95 Å². The molecule has 0 unspecified atom stereocenters. The van der Waals surface area contributed by atoms with E-state index in [0.29, 0.717) is 6.54 Å². The quantitative estimate of drug-likeness (QED) is 0.773. The van der Waals surface area contributed by atoms with Crippen LogP contribution in [0.1, 0.15) is 12.6 Å². The lowest BCUT2D eigenvalue weighted by atomic mass is 10.4. The van der Waals surface area contributed by atoms with E-state index >= 15 is 0 Å². The van der Waals surface area contributed by atoms with Gasteiger partial charge in [-0.25, -0.2) is 9.97 Å². The monoisotopic (exact) mass is 377 g/mol. The second kappa shape index (κ2) is 6.65. The second-order valence-electron chi connectivity index (χ2n) is 4.00. The molecule has 1 aromatic carbocycles. The third-order valence-electron chi connectivity index (χ3n) is 2.35. The van der Waals surface area contributed by atoms with Crippen LogP contribution in [-0.2, 0) is 6.18 Å². The van der Waals surface area contributed by atoms with E-state index in [1.54, 1.807) is 13.0 Å². The summed E-state index contributed by atoms with van der Waals surface area (Å²) in [5.41, 5.74) is -0.953. The van der Waals surface area contributed by atoms with Crippen molar-refractivity contribution in [3.05, 3.63) is 40.5 Å². The molecule has 0 atom stereocenters. The molecule has 21 heavy (non-hydrogen) atoms. The molecule has 0 saturated heterocycles. The number of benzene rings is 1. The second-order valence-corrected chi connectivity index (χ2v) is 6.01. The third-order valence-corrected chi connectivity index (χ3v) is 3.75. The van der Waals surface area contributed by atoms with Gasteiger partial charge >= 0.3 is 6.18 Å². The largest absolute Gasteiger partial charge is 0.433 e. The predicted molar refractivity (Wildman–Crippen MR) is 79.5 cm³/mol. The summed E-state index contributed by atoms with van der Waals surface area (Å²) in [7, 11) is 0. The van der Waals surface area contributed by atoms with Gasteiger partial charge in [0.15, 0.2) is 5.69 Å². The van der Waals surface area contributed by atoms with E-state index in [2.05, 4.69) is 31.2 Å². The number of nitrogens with zero attached hydrogens (tertiary/aromatic N) is 2. The number of anilines is 1. The topological polar surface area (TPSA) is 37.8 Å². The molecule has 0 amide bonds. The fourth-order valence-corrected chi connectivity index (χ4v) is 2.94. The highest BCUT2D eigenvalue weighted by Crippen LogP contribution is 2.33. The summed E-state index contributed by atoms with van der Waals surface area (Å²) in [5.74, 6) is -0.0233. The summed E-state index contributed by atoms with van der Waals surface area (Å²) in [6.07, 6.45) is -4.50. The molecule has 112 valence electrons. The highest BCUT2D eigenvalue weighted by atomic mass is 79.9. The molecule has 1 N–H and O–H groups in total. The van der Waals surface area contributed by atoms with Crippen molar-refractivity contribution in [3.8, 4) is 0 Å². The fourth-order valence-electron chi connectivity index (χ4n) is 1.51. The lowest BCUT2D eigenvalue weighted by Crippen LogP contribution is -2.12. The van der Waals surface area contributed by atoms with Crippen LogP contribution in [0.15, 0.2) is 44.7 Å². The van der Waals surface area contributed by atoms with E-state index < -0.39 is 11.9 Å². The van der Waals surface area contributed by atoms with Crippen molar-refractivity contribution >= 4 is 33.6 Å². The first-order chi connectivity index (χ1) is 9.88. The number of hydrogen-bond acceptors (Lipinski definition) is 4. The third kappa shape index (κ3) is 4.60. The highest BCUT2D eigenvalue weighted by molar-refractivity contribution is 9.10. The van der Waals surface area contributed by atoms with Crippen LogP contribution in [0.3, 0.4) is 0 Å². The molecule has 0 spiro atoms. The van der Waals surface area contributed by atoms with Gasteiger partial charge in [-0.3, -0.25) is 0 Å². The molecule has 2 rings (SSSR count). The fraction of sp³-hybridized carbons (Fsp3) is 0.231. The van der Waals surface area contributed by atoms with Crippen molar-refractivity contribution < 1.29 is 13.2 Å². The summed E-state index contributed by atoms with van der Waals surface area (Å²) in [6.45, 7) is 2.22. The zero-order valence-corrected chi connectivity index (χ0v) is 13.3. The van der Waals surface area contributed by atoms with Gasteiger partial charge in [0, 0.05) is 22.0 Å². The van der Waals surface area contributed by atoms with Gasteiger partial charge in [-0.2, -0.15) is 13.2 Å². The van der Waals surface area contributed by atoms with E-state index in [9.17, 15) is 13.2 Å².